The van der Waals surface area contributed by atoms with Crippen LogP contribution < -0.4 is 0 Å². The molecule has 3 atom stereocenters. The zero-order valence-corrected chi connectivity index (χ0v) is 10.1. The van der Waals surface area contributed by atoms with E-state index in [-0.39, 0.29) is 5.92 Å². The fourth-order valence-electron chi connectivity index (χ4n) is 2.32. The summed E-state index contributed by atoms with van der Waals surface area (Å²) in [6, 6.07) is 0. The number of hydrogen-bond acceptors (Lipinski definition) is 1. The largest absolute Gasteiger partial charge is 0.361 e. The molecule has 0 N–H and O–H groups in total. The van der Waals surface area contributed by atoms with E-state index in [2.05, 4.69) is 20.8 Å². The molecule has 0 aromatic carbocycles. The summed E-state index contributed by atoms with van der Waals surface area (Å²) in [7, 11) is 0. The van der Waals surface area contributed by atoms with Crippen LogP contribution in [0, 0.1) is 17.3 Å². The van der Waals surface area contributed by atoms with E-state index >= 15 is 0 Å². The van der Waals surface area contributed by atoms with Crippen molar-refractivity contribution in [2.75, 3.05) is 0 Å². The number of carbonyl (C=O) groups excluding carboxylic acids is 1. The van der Waals surface area contributed by atoms with Gasteiger partial charge in [0.25, 0.3) is 0 Å². The average molecular weight is 199 g/mol. The second-order valence-corrected chi connectivity index (χ2v) is 4.46. The molecule has 0 fully saturated rings. The Kier molecular flexibility index (Phi) is 5.17. The monoisotopic (exact) mass is 199 g/mol. The Morgan fingerprint density at radius 3 is 1.93 bits per heavy atom. The third-order valence-corrected chi connectivity index (χ3v) is 3.79. The van der Waals surface area contributed by atoms with Gasteiger partial charge in [0.15, 0.2) is 0 Å². The number of carbonyl (C=O) groups is 1. The van der Waals surface area contributed by atoms with E-state index in [1.54, 1.807) is 0 Å². The van der Waals surface area contributed by atoms with Crippen LogP contribution in [0.15, 0.2) is 0 Å². The molecule has 0 rings (SSSR count). The molecule has 1 radical (unpaired) electrons. The van der Waals surface area contributed by atoms with Gasteiger partial charge in [0, 0.05) is 0 Å². The van der Waals surface area contributed by atoms with Crippen LogP contribution >= 0.6 is 0 Å². The summed E-state index contributed by atoms with van der Waals surface area (Å²) in [4.78, 5) is 11.2. The molecule has 0 bridgehead atoms. The molecule has 0 aliphatic heterocycles. The van der Waals surface area contributed by atoms with Crippen LogP contribution in [0.2, 0.25) is 0 Å². The molecule has 0 aliphatic carbocycles. The molecule has 14 heavy (non-hydrogen) atoms. The summed E-state index contributed by atoms with van der Waals surface area (Å²) >= 11 is 0. The minimum atomic E-state index is -0.896. The van der Waals surface area contributed by atoms with E-state index in [9.17, 15) is 9.90 Å². The first kappa shape index (κ1) is 13.5. The highest BCUT2D eigenvalue weighted by Crippen LogP contribution is 2.39. The van der Waals surface area contributed by atoms with Crippen molar-refractivity contribution >= 4 is 5.97 Å². The minimum absolute atomic E-state index is 0.225. The Hall–Kier alpha value is -0.530. The highest BCUT2D eigenvalue weighted by molar-refractivity contribution is 5.74. The van der Waals surface area contributed by atoms with Crippen molar-refractivity contribution in [2.24, 2.45) is 17.3 Å². The first-order valence-corrected chi connectivity index (χ1v) is 5.65. The predicted octanol–water partition coefficient (Wildman–Crippen LogP) is 3.43. The summed E-state index contributed by atoms with van der Waals surface area (Å²) in [5.74, 6) is -0.225. The van der Waals surface area contributed by atoms with Crippen molar-refractivity contribution in [2.45, 2.75) is 53.9 Å². The molecule has 0 amide bonds. The topological polar surface area (TPSA) is 37.0 Å². The summed E-state index contributed by atoms with van der Waals surface area (Å²) in [5.41, 5.74) is -0.663. The van der Waals surface area contributed by atoms with Crippen molar-refractivity contribution in [1.82, 2.24) is 0 Å². The van der Waals surface area contributed by atoms with Crippen molar-refractivity contribution in [3.05, 3.63) is 0 Å². The third-order valence-electron chi connectivity index (χ3n) is 3.79. The fourth-order valence-corrected chi connectivity index (χ4v) is 2.32. The lowest BCUT2D eigenvalue weighted by atomic mass is 9.67. The molecular formula is C12H23O2. The van der Waals surface area contributed by atoms with Gasteiger partial charge in [-0.1, -0.05) is 40.5 Å². The van der Waals surface area contributed by atoms with Crippen LogP contribution in [0.5, 0.6) is 0 Å². The molecule has 0 heterocycles. The quantitative estimate of drug-likeness (QED) is 0.645. The van der Waals surface area contributed by atoms with Crippen molar-refractivity contribution in [3.63, 3.8) is 0 Å². The Labute approximate surface area is 87.7 Å². The lowest BCUT2D eigenvalue weighted by molar-refractivity contribution is -0.160. The lowest BCUT2D eigenvalue weighted by Gasteiger charge is -2.35. The maximum absolute atomic E-state index is 11.2. The van der Waals surface area contributed by atoms with Gasteiger partial charge in [0.2, 0.25) is 0 Å². The summed E-state index contributed by atoms with van der Waals surface area (Å²) in [5, 5.41) is 11.2. The third kappa shape index (κ3) is 2.49. The molecular weight excluding hydrogens is 176 g/mol. The Bertz CT molecular complexity index is 189. The van der Waals surface area contributed by atoms with Crippen LogP contribution in [0.3, 0.4) is 0 Å². The zero-order chi connectivity index (χ0) is 11.4. The lowest BCUT2D eigenvalue weighted by Crippen LogP contribution is -2.37. The van der Waals surface area contributed by atoms with Gasteiger partial charge < -0.3 is 0 Å². The van der Waals surface area contributed by atoms with Crippen LogP contribution in [0.1, 0.15) is 53.9 Å². The first-order valence-electron chi connectivity index (χ1n) is 5.65. The Morgan fingerprint density at radius 2 is 1.71 bits per heavy atom. The van der Waals surface area contributed by atoms with Gasteiger partial charge in [-0.2, -0.15) is 0 Å². The molecule has 2 nitrogen and oxygen atoms in total. The molecule has 3 unspecified atom stereocenters. The van der Waals surface area contributed by atoms with Gasteiger partial charge in [-0.05, 0) is 25.2 Å². The number of rotatable bonds is 6. The predicted molar refractivity (Wildman–Crippen MR) is 57.3 cm³/mol. The van der Waals surface area contributed by atoms with Gasteiger partial charge in [0.05, 0.1) is 5.41 Å². The van der Waals surface area contributed by atoms with Crippen LogP contribution in [0.25, 0.3) is 0 Å². The highest BCUT2D eigenvalue weighted by Gasteiger charge is 2.42. The summed E-state index contributed by atoms with van der Waals surface area (Å²) < 4.78 is 0. The summed E-state index contributed by atoms with van der Waals surface area (Å²) in [6.07, 6.45) is 2.59. The smallest absolute Gasteiger partial charge is 0.247 e. The SMILES string of the molecule is CCC(C)C(CC)C(C)(CC)C([O])=O. The molecule has 0 spiro atoms. The first-order chi connectivity index (χ1) is 6.43. The molecule has 0 saturated heterocycles. The molecule has 0 saturated carbocycles. The molecule has 0 aliphatic rings. The average Bonchev–Trinajstić information content (AvgIpc) is 2.17. The van der Waals surface area contributed by atoms with Crippen LogP contribution in [-0.2, 0) is 9.90 Å². The van der Waals surface area contributed by atoms with E-state index in [1.807, 2.05) is 13.8 Å². The molecule has 0 aromatic rings. The zero-order valence-electron chi connectivity index (χ0n) is 10.1. The van der Waals surface area contributed by atoms with Gasteiger partial charge in [-0.25, -0.2) is 9.90 Å². The standard InChI is InChI=1S/C12H23O2/c1-6-9(4)10(7-2)12(5,8-3)11(13)14/h9-10H,6-8H2,1-5H3. The van der Waals surface area contributed by atoms with E-state index in [0.29, 0.717) is 12.3 Å². The van der Waals surface area contributed by atoms with Crippen molar-refractivity contribution in [1.29, 1.82) is 0 Å². The fraction of sp³-hybridized carbons (Fsp3) is 0.917. The van der Waals surface area contributed by atoms with E-state index in [0.717, 1.165) is 12.8 Å². The minimum Gasteiger partial charge on any atom is -0.247 e. The van der Waals surface area contributed by atoms with Gasteiger partial charge >= 0.3 is 5.97 Å². The van der Waals surface area contributed by atoms with Gasteiger partial charge in [-0.15, -0.1) is 0 Å². The Balaban J connectivity index is 4.86. The highest BCUT2D eigenvalue weighted by atomic mass is 16.4. The molecule has 0 aromatic heterocycles. The van der Waals surface area contributed by atoms with E-state index in [1.165, 1.54) is 0 Å². The van der Waals surface area contributed by atoms with E-state index in [4.69, 9.17) is 0 Å². The number of hydrogen-bond donors (Lipinski definition) is 0. The van der Waals surface area contributed by atoms with Gasteiger partial charge in [-0.3, -0.25) is 0 Å². The molecule has 2 heteroatoms. The van der Waals surface area contributed by atoms with Crippen molar-refractivity contribution < 1.29 is 9.90 Å². The second kappa shape index (κ2) is 5.38. The van der Waals surface area contributed by atoms with Crippen LogP contribution in [-0.4, -0.2) is 5.97 Å². The second-order valence-electron chi connectivity index (χ2n) is 4.46. The van der Waals surface area contributed by atoms with Gasteiger partial charge in [0.1, 0.15) is 0 Å². The summed E-state index contributed by atoms with van der Waals surface area (Å²) in [6.45, 7) is 10.1. The maximum atomic E-state index is 11.2. The van der Waals surface area contributed by atoms with E-state index < -0.39 is 11.4 Å². The maximum Gasteiger partial charge on any atom is 0.361 e. The normalized spacial score (nSPS) is 19.8. The van der Waals surface area contributed by atoms with Crippen molar-refractivity contribution in [3.8, 4) is 0 Å². The Morgan fingerprint density at radius 1 is 1.21 bits per heavy atom. The molecule has 83 valence electrons. The van der Waals surface area contributed by atoms with Crippen LogP contribution in [0.4, 0.5) is 0 Å².